The molecule has 1 heterocycles. The highest BCUT2D eigenvalue weighted by Crippen LogP contribution is 2.22. The minimum atomic E-state index is -0.787. The highest BCUT2D eigenvalue weighted by Gasteiger charge is 2.38. The minimum Gasteiger partial charge on any atom is -0.459 e. The summed E-state index contributed by atoms with van der Waals surface area (Å²) in [5.74, 6) is -0.394. The molecule has 0 bridgehead atoms. The van der Waals surface area contributed by atoms with Crippen LogP contribution in [0, 0.1) is 0 Å². The lowest BCUT2D eigenvalue weighted by molar-refractivity contribution is 0.0479. The molecule has 18 heavy (non-hydrogen) atoms. The molecule has 2 aromatic rings. The van der Waals surface area contributed by atoms with Crippen LogP contribution in [-0.2, 0) is 9.47 Å². The zero-order chi connectivity index (χ0) is 12.5. The highest BCUT2D eigenvalue weighted by atomic mass is 16.7. The van der Waals surface area contributed by atoms with Crippen molar-refractivity contribution in [3.63, 3.8) is 0 Å². The number of esters is 1. The van der Waals surface area contributed by atoms with E-state index in [0.29, 0.717) is 5.56 Å². The van der Waals surface area contributed by atoms with E-state index in [1.165, 1.54) is 0 Å². The van der Waals surface area contributed by atoms with Crippen LogP contribution < -0.4 is 0 Å². The number of aliphatic hydroxyl groups excluding tert-OH is 1. The van der Waals surface area contributed by atoms with E-state index in [9.17, 15) is 4.79 Å². The van der Waals surface area contributed by atoms with Crippen LogP contribution in [-0.4, -0.2) is 30.1 Å². The first-order valence-corrected chi connectivity index (χ1v) is 5.74. The summed E-state index contributed by atoms with van der Waals surface area (Å²) in [6.07, 6.45) is -1.16. The van der Waals surface area contributed by atoms with Gasteiger partial charge in [-0.2, -0.15) is 0 Å². The Morgan fingerprint density at radius 3 is 2.72 bits per heavy atom. The molecule has 2 aromatic carbocycles. The Morgan fingerprint density at radius 2 is 1.94 bits per heavy atom. The van der Waals surface area contributed by atoms with Crippen LogP contribution in [0.5, 0.6) is 0 Å². The number of carbonyl (C=O) groups is 1. The van der Waals surface area contributed by atoms with Gasteiger partial charge in [0.15, 0.2) is 6.29 Å². The van der Waals surface area contributed by atoms with Crippen molar-refractivity contribution >= 4 is 16.7 Å². The van der Waals surface area contributed by atoms with Crippen LogP contribution in [0.25, 0.3) is 10.8 Å². The molecule has 3 rings (SSSR count). The molecule has 2 atom stereocenters. The fourth-order valence-corrected chi connectivity index (χ4v) is 1.89. The summed E-state index contributed by atoms with van der Waals surface area (Å²) in [6, 6.07) is 13.1. The monoisotopic (exact) mass is 244 g/mol. The number of carbonyl (C=O) groups excluding carboxylic acids is 1. The normalized spacial score (nSPS) is 21.8. The van der Waals surface area contributed by atoms with Gasteiger partial charge in [-0.15, -0.1) is 0 Å². The van der Waals surface area contributed by atoms with Gasteiger partial charge < -0.3 is 14.6 Å². The van der Waals surface area contributed by atoms with E-state index < -0.39 is 12.3 Å². The first-order valence-electron chi connectivity index (χ1n) is 5.74. The average molecular weight is 244 g/mol. The molecule has 4 nitrogen and oxygen atoms in total. The van der Waals surface area contributed by atoms with Crippen molar-refractivity contribution in [1.82, 2.24) is 0 Å². The Labute approximate surface area is 104 Å². The predicted molar refractivity (Wildman–Crippen MR) is 65.1 cm³/mol. The van der Waals surface area contributed by atoms with Gasteiger partial charge in [0, 0.05) is 0 Å². The van der Waals surface area contributed by atoms with Crippen molar-refractivity contribution in [2.24, 2.45) is 0 Å². The maximum absolute atomic E-state index is 11.9. The van der Waals surface area contributed by atoms with Crippen LogP contribution in [0.3, 0.4) is 0 Å². The smallest absolute Gasteiger partial charge is 0.338 e. The molecule has 2 unspecified atom stereocenters. The Balaban J connectivity index is 1.82. The maximum Gasteiger partial charge on any atom is 0.338 e. The zero-order valence-electron chi connectivity index (χ0n) is 9.58. The molecule has 0 saturated carbocycles. The lowest BCUT2D eigenvalue weighted by atomic mass is 10.1. The molecule has 1 saturated heterocycles. The largest absolute Gasteiger partial charge is 0.459 e. The fourth-order valence-electron chi connectivity index (χ4n) is 1.89. The molecule has 0 aromatic heterocycles. The molecular weight excluding hydrogens is 232 g/mol. The number of benzene rings is 2. The Kier molecular flexibility index (Phi) is 2.74. The molecule has 4 heteroatoms. The summed E-state index contributed by atoms with van der Waals surface area (Å²) in [5, 5.41) is 10.8. The summed E-state index contributed by atoms with van der Waals surface area (Å²) < 4.78 is 9.88. The molecule has 0 spiro atoms. The number of fused-ring (bicyclic) bond motifs is 1. The molecule has 1 aliphatic heterocycles. The Morgan fingerprint density at radius 1 is 1.22 bits per heavy atom. The second-order valence-electron chi connectivity index (χ2n) is 4.19. The van der Waals surface area contributed by atoms with E-state index >= 15 is 0 Å². The van der Waals surface area contributed by atoms with E-state index in [-0.39, 0.29) is 12.7 Å². The fraction of sp³-hybridized carbons (Fsp3) is 0.214. The van der Waals surface area contributed by atoms with E-state index in [0.717, 1.165) is 10.8 Å². The van der Waals surface area contributed by atoms with Gasteiger partial charge in [-0.1, -0.05) is 36.4 Å². The maximum atomic E-state index is 11.9. The van der Waals surface area contributed by atoms with Crippen LogP contribution in [0.4, 0.5) is 0 Å². The van der Waals surface area contributed by atoms with Crippen molar-refractivity contribution in [1.29, 1.82) is 0 Å². The van der Waals surface area contributed by atoms with E-state index in [4.69, 9.17) is 14.6 Å². The molecule has 0 radical (unpaired) electrons. The van der Waals surface area contributed by atoms with Crippen LogP contribution in [0.2, 0.25) is 0 Å². The number of aliphatic hydroxyl groups is 1. The third kappa shape index (κ3) is 2.08. The van der Waals surface area contributed by atoms with Gasteiger partial charge in [-0.25, -0.2) is 4.79 Å². The lowest BCUT2D eigenvalue weighted by Crippen LogP contribution is -2.11. The second-order valence-corrected chi connectivity index (χ2v) is 4.19. The minimum absolute atomic E-state index is 0.0865. The topological polar surface area (TPSA) is 59.1 Å². The average Bonchev–Trinajstić information content (AvgIpc) is 3.11. The number of rotatable bonds is 3. The van der Waals surface area contributed by atoms with Gasteiger partial charge in [-0.3, -0.25) is 0 Å². The lowest BCUT2D eigenvalue weighted by Gasteiger charge is -2.06. The molecule has 92 valence electrons. The zero-order valence-corrected chi connectivity index (χ0v) is 9.58. The van der Waals surface area contributed by atoms with E-state index in [1.807, 2.05) is 36.4 Å². The molecule has 0 amide bonds. The van der Waals surface area contributed by atoms with Crippen molar-refractivity contribution < 1.29 is 19.4 Å². The number of ether oxygens (including phenoxy) is 2. The number of epoxide rings is 1. The number of hydrogen-bond acceptors (Lipinski definition) is 4. The molecule has 1 aliphatic rings. The van der Waals surface area contributed by atoms with Crippen LogP contribution in [0.15, 0.2) is 42.5 Å². The molecular formula is C14H12O4. The van der Waals surface area contributed by atoms with E-state index in [1.54, 1.807) is 6.07 Å². The summed E-state index contributed by atoms with van der Waals surface area (Å²) in [4.78, 5) is 11.9. The summed E-state index contributed by atoms with van der Waals surface area (Å²) >= 11 is 0. The van der Waals surface area contributed by atoms with Crippen molar-refractivity contribution in [3.05, 3.63) is 48.0 Å². The van der Waals surface area contributed by atoms with Crippen LogP contribution >= 0.6 is 0 Å². The van der Waals surface area contributed by atoms with Gasteiger partial charge in [0.1, 0.15) is 12.7 Å². The predicted octanol–water partition coefficient (Wildman–Crippen LogP) is 1.71. The second kappa shape index (κ2) is 4.40. The molecule has 0 aliphatic carbocycles. The first-order chi connectivity index (χ1) is 8.75. The van der Waals surface area contributed by atoms with Gasteiger partial charge in [0.05, 0.1) is 5.56 Å². The summed E-state index contributed by atoms with van der Waals surface area (Å²) in [6.45, 7) is 0.0865. The number of hydrogen-bond donors (Lipinski definition) is 1. The van der Waals surface area contributed by atoms with Crippen LogP contribution in [0.1, 0.15) is 10.4 Å². The van der Waals surface area contributed by atoms with Gasteiger partial charge in [0.2, 0.25) is 0 Å². The van der Waals surface area contributed by atoms with Crippen molar-refractivity contribution in [3.8, 4) is 0 Å². The standard InChI is InChI=1S/C14H12O4/c15-13(17-8-12-14(16)18-12)11-7-3-5-9-4-1-2-6-10(9)11/h1-7,12,14,16H,8H2. The summed E-state index contributed by atoms with van der Waals surface area (Å²) in [7, 11) is 0. The SMILES string of the molecule is O=C(OCC1OC1O)c1cccc2ccccc12. The Bertz CT molecular complexity index is 588. The first kappa shape index (κ1) is 11.2. The van der Waals surface area contributed by atoms with Crippen molar-refractivity contribution in [2.45, 2.75) is 12.4 Å². The third-order valence-corrected chi connectivity index (χ3v) is 2.94. The molecule has 1 fully saturated rings. The third-order valence-electron chi connectivity index (χ3n) is 2.94. The van der Waals surface area contributed by atoms with Gasteiger partial charge in [-0.05, 0) is 16.8 Å². The van der Waals surface area contributed by atoms with Gasteiger partial charge >= 0.3 is 5.97 Å². The van der Waals surface area contributed by atoms with E-state index in [2.05, 4.69) is 0 Å². The van der Waals surface area contributed by atoms with Gasteiger partial charge in [0.25, 0.3) is 0 Å². The Hall–Kier alpha value is -1.91. The molecule has 1 N–H and O–H groups in total. The summed E-state index contributed by atoms with van der Waals surface area (Å²) in [5.41, 5.74) is 0.531. The highest BCUT2D eigenvalue weighted by molar-refractivity contribution is 6.04. The quantitative estimate of drug-likeness (QED) is 0.659. The van der Waals surface area contributed by atoms with Crippen molar-refractivity contribution in [2.75, 3.05) is 6.61 Å².